The average Bonchev–Trinajstić information content (AvgIpc) is 2.33. The van der Waals surface area contributed by atoms with Crippen LogP contribution in [0.2, 0.25) is 0 Å². The van der Waals surface area contributed by atoms with Gasteiger partial charge in [0.25, 0.3) is 0 Å². The minimum atomic E-state index is 0.744. The first-order valence-corrected chi connectivity index (χ1v) is 6.67. The Morgan fingerprint density at radius 1 is 1.06 bits per heavy atom. The second kappa shape index (κ2) is 9.06. The molecule has 0 aromatic heterocycles. The topological polar surface area (TPSA) is 21.3 Å². The zero-order chi connectivity index (χ0) is 12.3. The fourth-order valence-electron chi connectivity index (χ4n) is 1.69. The van der Waals surface area contributed by atoms with Gasteiger partial charge in [-0.15, -0.1) is 0 Å². The largest absolute Gasteiger partial charge is 0.492 e. The number of hydrogen-bond acceptors (Lipinski definition) is 2. The van der Waals surface area contributed by atoms with Crippen molar-refractivity contribution in [1.82, 2.24) is 5.32 Å². The van der Waals surface area contributed by atoms with Gasteiger partial charge < -0.3 is 10.1 Å². The van der Waals surface area contributed by atoms with Gasteiger partial charge in [-0.2, -0.15) is 0 Å². The van der Waals surface area contributed by atoms with Crippen LogP contribution < -0.4 is 10.1 Å². The second-order valence-corrected chi connectivity index (χ2v) is 4.80. The SMILES string of the molecule is CC(C)CCCCNCCOc1ccccc1. The van der Waals surface area contributed by atoms with E-state index in [1.807, 2.05) is 30.3 Å². The van der Waals surface area contributed by atoms with Crippen molar-refractivity contribution in [3.8, 4) is 5.75 Å². The minimum Gasteiger partial charge on any atom is -0.492 e. The quantitative estimate of drug-likeness (QED) is 0.662. The van der Waals surface area contributed by atoms with Gasteiger partial charge in [-0.1, -0.05) is 44.9 Å². The van der Waals surface area contributed by atoms with Gasteiger partial charge in [-0.25, -0.2) is 0 Å². The molecule has 1 rings (SSSR count). The van der Waals surface area contributed by atoms with E-state index >= 15 is 0 Å². The number of nitrogens with one attached hydrogen (secondary N) is 1. The molecular weight excluding hydrogens is 210 g/mol. The summed E-state index contributed by atoms with van der Waals surface area (Å²) in [4.78, 5) is 0. The van der Waals surface area contributed by atoms with Gasteiger partial charge in [0.15, 0.2) is 0 Å². The number of rotatable bonds is 9. The Kier molecular flexibility index (Phi) is 7.48. The second-order valence-electron chi connectivity index (χ2n) is 4.80. The molecule has 1 N–H and O–H groups in total. The molecule has 0 bridgehead atoms. The lowest BCUT2D eigenvalue weighted by molar-refractivity contribution is 0.313. The Morgan fingerprint density at radius 3 is 2.53 bits per heavy atom. The number of para-hydroxylation sites is 1. The van der Waals surface area contributed by atoms with Crippen LogP contribution in [0, 0.1) is 5.92 Å². The van der Waals surface area contributed by atoms with Crippen molar-refractivity contribution in [2.75, 3.05) is 19.7 Å². The summed E-state index contributed by atoms with van der Waals surface area (Å²) in [5.41, 5.74) is 0. The van der Waals surface area contributed by atoms with E-state index in [9.17, 15) is 0 Å². The van der Waals surface area contributed by atoms with Gasteiger partial charge in [-0.05, 0) is 31.0 Å². The monoisotopic (exact) mass is 235 g/mol. The Labute approximate surface area is 105 Å². The Bertz CT molecular complexity index is 272. The molecule has 0 saturated heterocycles. The summed E-state index contributed by atoms with van der Waals surface area (Å²) in [6.45, 7) is 7.33. The fraction of sp³-hybridized carbons (Fsp3) is 0.600. The van der Waals surface area contributed by atoms with Crippen molar-refractivity contribution >= 4 is 0 Å². The lowest BCUT2D eigenvalue weighted by Gasteiger charge is -2.08. The molecule has 0 spiro atoms. The lowest BCUT2D eigenvalue weighted by Crippen LogP contribution is -2.22. The van der Waals surface area contributed by atoms with Gasteiger partial charge in [0.05, 0.1) is 0 Å². The molecule has 0 radical (unpaired) electrons. The molecule has 0 fully saturated rings. The number of unbranched alkanes of at least 4 members (excludes halogenated alkanes) is 1. The molecule has 0 heterocycles. The predicted octanol–water partition coefficient (Wildman–Crippen LogP) is 3.48. The van der Waals surface area contributed by atoms with Crippen molar-refractivity contribution in [2.45, 2.75) is 33.1 Å². The van der Waals surface area contributed by atoms with Crippen molar-refractivity contribution in [3.05, 3.63) is 30.3 Å². The third-order valence-electron chi connectivity index (χ3n) is 2.68. The van der Waals surface area contributed by atoms with E-state index < -0.39 is 0 Å². The van der Waals surface area contributed by atoms with E-state index in [2.05, 4.69) is 19.2 Å². The molecule has 0 amide bonds. The maximum absolute atomic E-state index is 5.59. The van der Waals surface area contributed by atoms with Crippen LogP contribution in [0.3, 0.4) is 0 Å². The van der Waals surface area contributed by atoms with Gasteiger partial charge in [-0.3, -0.25) is 0 Å². The molecule has 1 aromatic carbocycles. The molecule has 0 unspecified atom stereocenters. The molecule has 0 saturated carbocycles. The number of ether oxygens (including phenoxy) is 1. The number of benzene rings is 1. The summed E-state index contributed by atoms with van der Waals surface area (Å²) in [6.07, 6.45) is 3.93. The minimum absolute atomic E-state index is 0.744. The van der Waals surface area contributed by atoms with Gasteiger partial charge in [0, 0.05) is 6.54 Å². The maximum Gasteiger partial charge on any atom is 0.119 e. The molecule has 17 heavy (non-hydrogen) atoms. The van der Waals surface area contributed by atoms with Gasteiger partial charge in [0.1, 0.15) is 12.4 Å². The van der Waals surface area contributed by atoms with Crippen molar-refractivity contribution < 1.29 is 4.74 Å². The zero-order valence-corrected chi connectivity index (χ0v) is 11.1. The van der Waals surface area contributed by atoms with Crippen LogP contribution in [0.1, 0.15) is 33.1 Å². The standard InChI is InChI=1S/C15H25NO/c1-14(2)8-6-7-11-16-12-13-17-15-9-4-3-5-10-15/h3-5,9-10,14,16H,6-8,11-13H2,1-2H3. The van der Waals surface area contributed by atoms with Gasteiger partial charge >= 0.3 is 0 Å². The summed E-state index contributed by atoms with van der Waals surface area (Å²) in [5, 5.41) is 3.40. The van der Waals surface area contributed by atoms with E-state index in [4.69, 9.17) is 4.74 Å². The summed E-state index contributed by atoms with van der Waals surface area (Å²) in [5.74, 6) is 1.78. The molecule has 96 valence electrons. The van der Waals surface area contributed by atoms with E-state index in [1.54, 1.807) is 0 Å². The molecule has 0 atom stereocenters. The molecule has 0 aliphatic carbocycles. The van der Waals surface area contributed by atoms with Crippen LogP contribution >= 0.6 is 0 Å². The van der Waals surface area contributed by atoms with Gasteiger partial charge in [0.2, 0.25) is 0 Å². The highest BCUT2D eigenvalue weighted by Gasteiger charge is 1.94. The predicted molar refractivity (Wildman–Crippen MR) is 73.5 cm³/mol. The van der Waals surface area contributed by atoms with Crippen molar-refractivity contribution in [3.63, 3.8) is 0 Å². The first-order chi connectivity index (χ1) is 8.29. The molecule has 1 aromatic rings. The Balaban J connectivity index is 1.88. The molecule has 0 aliphatic heterocycles. The Morgan fingerprint density at radius 2 is 1.82 bits per heavy atom. The highest BCUT2D eigenvalue weighted by atomic mass is 16.5. The van der Waals surface area contributed by atoms with Crippen LogP contribution in [-0.4, -0.2) is 19.7 Å². The van der Waals surface area contributed by atoms with E-state index in [1.165, 1.54) is 19.3 Å². The first kappa shape index (κ1) is 14.0. The van der Waals surface area contributed by atoms with E-state index in [0.717, 1.165) is 31.4 Å². The molecule has 2 heteroatoms. The summed E-state index contributed by atoms with van der Waals surface area (Å²) in [7, 11) is 0. The van der Waals surface area contributed by atoms with E-state index in [0.29, 0.717) is 0 Å². The van der Waals surface area contributed by atoms with Crippen molar-refractivity contribution in [1.29, 1.82) is 0 Å². The first-order valence-electron chi connectivity index (χ1n) is 6.67. The summed E-state index contributed by atoms with van der Waals surface area (Å²) < 4.78 is 5.59. The summed E-state index contributed by atoms with van der Waals surface area (Å²) in [6, 6.07) is 9.97. The van der Waals surface area contributed by atoms with Crippen LogP contribution in [0.25, 0.3) is 0 Å². The Hall–Kier alpha value is -1.02. The lowest BCUT2D eigenvalue weighted by atomic mass is 10.1. The number of hydrogen-bond donors (Lipinski definition) is 1. The smallest absolute Gasteiger partial charge is 0.119 e. The van der Waals surface area contributed by atoms with E-state index in [-0.39, 0.29) is 0 Å². The maximum atomic E-state index is 5.59. The zero-order valence-electron chi connectivity index (χ0n) is 11.1. The fourth-order valence-corrected chi connectivity index (χ4v) is 1.69. The molecule has 0 aliphatic rings. The highest BCUT2D eigenvalue weighted by Crippen LogP contribution is 2.07. The van der Waals surface area contributed by atoms with Crippen LogP contribution in [0.4, 0.5) is 0 Å². The third-order valence-corrected chi connectivity index (χ3v) is 2.68. The van der Waals surface area contributed by atoms with Crippen LogP contribution in [-0.2, 0) is 0 Å². The highest BCUT2D eigenvalue weighted by molar-refractivity contribution is 5.20. The molecule has 2 nitrogen and oxygen atoms in total. The van der Waals surface area contributed by atoms with Crippen molar-refractivity contribution in [2.24, 2.45) is 5.92 Å². The normalized spacial score (nSPS) is 10.8. The van der Waals surface area contributed by atoms with Crippen LogP contribution in [0.15, 0.2) is 30.3 Å². The summed E-state index contributed by atoms with van der Waals surface area (Å²) >= 11 is 0. The van der Waals surface area contributed by atoms with Crippen LogP contribution in [0.5, 0.6) is 5.75 Å². The third kappa shape index (κ3) is 7.81. The average molecular weight is 235 g/mol. The molecular formula is C15H25NO.